The number of hydrogen-bond acceptors (Lipinski definition) is 2. The lowest BCUT2D eigenvalue weighted by Crippen LogP contribution is -2.29. The van der Waals surface area contributed by atoms with Gasteiger partial charge in [0, 0.05) is 24.0 Å². The largest absolute Gasteiger partial charge is 0.312 e. The number of rotatable bonds is 6. The fraction of sp³-hybridized carbons (Fsp3) is 0.500. The quantitative estimate of drug-likeness (QED) is 0.861. The van der Waals surface area contributed by atoms with Gasteiger partial charge in [0.25, 0.3) is 0 Å². The summed E-state index contributed by atoms with van der Waals surface area (Å²) in [5, 5.41) is 11.9. The molecule has 0 atom stereocenters. The number of halogens is 2. The van der Waals surface area contributed by atoms with E-state index in [1.54, 1.807) is 6.07 Å². The Morgan fingerprint density at radius 2 is 2.17 bits per heavy atom. The molecule has 98 valence electrons. The maximum Gasteiger partial charge on any atom is 0.124 e. The molecule has 1 rings (SSSR count). The third-order valence-electron chi connectivity index (χ3n) is 2.85. The molecule has 0 aromatic heterocycles. The van der Waals surface area contributed by atoms with Crippen LogP contribution < -0.4 is 5.32 Å². The van der Waals surface area contributed by atoms with Crippen molar-refractivity contribution in [3.8, 4) is 6.07 Å². The molecule has 0 saturated heterocycles. The van der Waals surface area contributed by atoms with Crippen LogP contribution in [0.4, 0.5) is 4.39 Å². The second kappa shape index (κ2) is 6.86. The van der Waals surface area contributed by atoms with Gasteiger partial charge in [0.15, 0.2) is 0 Å². The first kappa shape index (κ1) is 15.1. The van der Waals surface area contributed by atoms with Crippen molar-refractivity contribution in [3.05, 3.63) is 34.1 Å². The number of benzene rings is 1. The van der Waals surface area contributed by atoms with Gasteiger partial charge >= 0.3 is 0 Å². The molecule has 0 aliphatic rings. The highest BCUT2D eigenvalue weighted by atomic mass is 79.9. The smallest absolute Gasteiger partial charge is 0.124 e. The maximum absolute atomic E-state index is 12.9. The van der Waals surface area contributed by atoms with Crippen molar-refractivity contribution in [2.24, 2.45) is 5.41 Å². The molecule has 0 unspecified atom stereocenters. The molecule has 0 fully saturated rings. The van der Waals surface area contributed by atoms with Crippen molar-refractivity contribution >= 4 is 15.9 Å². The standard InChI is InChI=1S/C14H18BrFN2/c1-14(2,6-3-7-17)10-18-9-11-4-5-12(16)8-13(11)15/h4-5,8,18H,3,6,9-10H2,1-2H3. The Bertz CT molecular complexity index is 438. The van der Waals surface area contributed by atoms with Crippen LogP contribution in [0.15, 0.2) is 22.7 Å². The van der Waals surface area contributed by atoms with Crippen LogP contribution in [0.25, 0.3) is 0 Å². The van der Waals surface area contributed by atoms with E-state index in [0.29, 0.717) is 13.0 Å². The monoisotopic (exact) mass is 312 g/mol. The molecule has 0 aliphatic carbocycles. The van der Waals surface area contributed by atoms with Crippen molar-refractivity contribution in [2.75, 3.05) is 6.54 Å². The minimum absolute atomic E-state index is 0.0994. The van der Waals surface area contributed by atoms with Crippen molar-refractivity contribution < 1.29 is 4.39 Å². The SMILES string of the molecule is CC(C)(CCC#N)CNCc1ccc(F)cc1Br. The van der Waals surface area contributed by atoms with Gasteiger partial charge in [0.05, 0.1) is 6.07 Å². The van der Waals surface area contributed by atoms with Crippen LogP contribution in [0.2, 0.25) is 0 Å². The Balaban J connectivity index is 2.44. The van der Waals surface area contributed by atoms with Crippen molar-refractivity contribution in [2.45, 2.75) is 33.2 Å². The summed E-state index contributed by atoms with van der Waals surface area (Å²) in [5.74, 6) is -0.236. The second-order valence-electron chi connectivity index (χ2n) is 5.16. The number of nitrogens with zero attached hydrogens (tertiary/aromatic N) is 1. The van der Waals surface area contributed by atoms with Gasteiger partial charge in [-0.3, -0.25) is 0 Å². The van der Waals surface area contributed by atoms with Gasteiger partial charge in [-0.05, 0) is 29.5 Å². The van der Waals surface area contributed by atoms with Gasteiger partial charge in [-0.2, -0.15) is 5.26 Å². The first-order valence-electron chi connectivity index (χ1n) is 5.96. The lowest BCUT2D eigenvalue weighted by Gasteiger charge is -2.24. The molecular formula is C14H18BrFN2. The third-order valence-corrected chi connectivity index (χ3v) is 3.59. The molecule has 1 N–H and O–H groups in total. The van der Waals surface area contributed by atoms with E-state index in [-0.39, 0.29) is 11.2 Å². The highest BCUT2D eigenvalue weighted by Gasteiger charge is 2.16. The van der Waals surface area contributed by atoms with E-state index < -0.39 is 0 Å². The van der Waals surface area contributed by atoms with Crippen LogP contribution >= 0.6 is 15.9 Å². The van der Waals surface area contributed by atoms with Crippen LogP contribution in [0.1, 0.15) is 32.3 Å². The predicted molar refractivity (Wildman–Crippen MR) is 74.4 cm³/mol. The summed E-state index contributed by atoms with van der Waals surface area (Å²) in [7, 11) is 0. The van der Waals surface area contributed by atoms with Crippen LogP contribution in [-0.2, 0) is 6.54 Å². The van der Waals surface area contributed by atoms with Gasteiger partial charge in [-0.1, -0.05) is 35.8 Å². The van der Waals surface area contributed by atoms with Crippen LogP contribution in [0.5, 0.6) is 0 Å². The van der Waals surface area contributed by atoms with Crippen molar-refractivity contribution in [1.29, 1.82) is 5.26 Å². The third kappa shape index (κ3) is 5.16. The fourth-order valence-electron chi connectivity index (χ4n) is 1.68. The Labute approximate surface area is 116 Å². The summed E-state index contributed by atoms with van der Waals surface area (Å²) in [5.41, 5.74) is 1.13. The molecule has 1 aromatic carbocycles. The van der Waals surface area contributed by atoms with Gasteiger partial charge in [-0.15, -0.1) is 0 Å². The first-order valence-corrected chi connectivity index (χ1v) is 6.75. The molecule has 0 saturated carbocycles. The molecule has 0 heterocycles. The lowest BCUT2D eigenvalue weighted by atomic mass is 9.88. The summed E-state index contributed by atoms with van der Waals surface area (Å²) in [4.78, 5) is 0. The normalized spacial score (nSPS) is 11.3. The first-order chi connectivity index (χ1) is 8.44. The minimum atomic E-state index is -0.236. The van der Waals surface area contributed by atoms with Crippen molar-refractivity contribution in [1.82, 2.24) is 5.32 Å². The summed E-state index contributed by atoms with van der Waals surface area (Å²) >= 11 is 3.35. The summed E-state index contributed by atoms with van der Waals surface area (Å²) < 4.78 is 13.7. The minimum Gasteiger partial charge on any atom is -0.312 e. The van der Waals surface area contributed by atoms with Gasteiger partial charge < -0.3 is 5.32 Å². The Morgan fingerprint density at radius 1 is 1.44 bits per heavy atom. The molecule has 0 aliphatic heterocycles. The average molecular weight is 313 g/mol. The zero-order chi connectivity index (χ0) is 13.6. The molecule has 4 heteroatoms. The van der Waals surface area contributed by atoms with Crippen molar-refractivity contribution in [3.63, 3.8) is 0 Å². The van der Waals surface area contributed by atoms with Gasteiger partial charge in [-0.25, -0.2) is 4.39 Å². The number of nitrogens with one attached hydrogen (secondary N) is 1. The van der Waals surface area contributed by atoms with Gasteiger partial charge in [0.2, 0.25) is 0 Å². The molecule has 0 spiro atoms. The topological polar surface area (TPSA) is 35.8 Å². The zero-order valence-electron chi connectivity index (χ0n) is 10.8. The Hall–Kier alpha value is -0.920. The lowest BCUT2D eigenvalue weighted by molar-refractivity contribution is 0.317. The number of nitriles is 1. The zero-order valence-corrected chi connectivity index (χ0v) is 12.3. The van der Waals surface area contributed by atoms with E-state index in [9.17, 15) is 4.39 Å². The molecular weight excluding hydrogens is 295 g/mol. The maximum atomic E-state index is 12.9. The Kier molecular flexibility index (Phi) is 5.77. The van der Waals surface area contributed by atoms with Crippen LogP contribution in [-0.4, -0.2) is 6.54 Å². The Morgan fingerprint density at radius 3 is 2.78 bits per heavy atom. The summed E-state index contributed by atoms with van der Waals surface area (Å²) in [6.45, 7) is 5.80. The highest BCUT2D eigenvalue weighted by molar-refractivity contribution is 9.10. The molecule has 0 amide bonds. The van der Waals surface area contributed by atoms with Gasteiger partial charge in [0.1, 0.15) is 5.82 Å². The fourth-order valence-corrected chi connectivity index (χ4v) is 2.17. The highest BCUT2D eigenvalue weighted by Crippen LogP contribution is 2.22. The van der Waals surface area contributed by atoms with Crippen LogP contribution in [0, 0.1) is 22.6 Å². The van der Waals surface area contributed by atoms with E-state index in [4.69, 9.17) is 5.26 Å². The summed E-state index contributed by atoms with van der Waals surface area (Å²) in [6.07, 6.45) is 1.45. The predicted octanol–water partition coefficient (Wildman–Crippen LogP) is 4.01. The molecule has 0 radical (unpaired) electrons. The molecule has 18 heavy (non-hydrogen) atoms. The molecule has 0 bridgehead atoms. The average Bonchev–Trinajstić information content (AvgIpc) is 2.29. The van der Waals surface area contributed by atoms with E-state index in [0.717, 1.165) is 23.0 Å². The second-order valence-corrected chi connectivity index (χ2v) is 6.02. The van der Waals surface area contributed by atoms with E-state index in [1.807, 2.05) is 0 Å². The van der Waals surface area contributed by atoms with Crippen LogP contribution in [0.3, 0.4) is 0 Å². The van der Waals surface area contributed by atoms with E-state index >= 15 is 0 Å². The molecule has 2 nitrogen and oxygen atoms in total. The summed E-state index contributed by atoms with van der Waals surface area (Å²) in [6, 6.07) is 6.87. The number of hydrogen-bond donors (Lipinski definition) is 1. The van der Waals surface area contributed by atoms with E-state index in [2.05, 4.69) is 41.2 Å². The van der Waals surface area contributed by atoms with E-state index in [1.165, 1.54) is 12.1 Å². The molecule has 1 aromatic rings.